The van der Waals surface area contributed by atoms with Gasteiger partial charge < -0.3 is 15.5 Å². The van der Waals surface area contributed by atoms with Gasteiger partial charge in [-0.2, -0.15) is 0 Å². The van der Waals surface area contributed by atoms with Crippen molar-refractivity contribution in [3.8, 4) is 0 Å². The topological polar surface area (TPSA) is 32.5 Å². The highest BCUT2D eigenvalue weighted by Gasteiger charge is 2.22. The van der Waals surface area contributed by atoms with Crippen molar-refractivity contribution in [3.63, 3.8) is 0 Å². The Labute approximate surface area is 117 Å². The first-order chi connectivity index (χ1) is 9.11. The van der Waals surface area contributed by atoms with E-state index in [2.05, 4.69) is 55.1 Å². The van der Waals surface area contributed by atoms with Gasteiger partial charge in [0.2, 0.25) is 0 Å². The largest absolute Gasteiger partial charge is 0.373 e. The molecule has 1 unspecified atom stereocenters. The quantitative estimate of drug-likeness (QED) is 0.884. The molecule has 0 spiro atoms. The Morgan fingerprint density at radius 3 is 2.58 bits per heavy atom. The van der Waals surface area contributed by atoms with Crippen molar-refractivity contribution in [3.05, 3.63) is 29.8 Å². The third kappa shape index (κ3) is 3.48. The van der Waals surface area contributed by atoms with Crippen molar-refractivity contribution in [2.75, 3.05) is 32.1 Å². The van der Waals surface area contributed by atoms with Crippen molar-refractivity contribution >= 4 is 5.69 Å². The highest BCUT2D eigenvalue weighted by Crippen LogP contribution is 2.21. The summed E-state index contributed by atoms with van der Waals surface area (Å²) in [5, 5.41) is 0. The minimum absolute atomic E-state index is 0.167. The maximum atomic E-state index is 6.05. The summed E-state index contributed by atoms with van der Waals surface area (Å²) in [7, 11) is 4.41. The van der Waals surface area contributed by atoms with Crippen molar-refractivity contribution < 1.29 is 0 Å². The summed E-state index contributed by atoms with van der Waals surface area (Å²) >= 11 is 0. The van der Waals surface area contributed by atoms with Crippen molar-refractivity contribution in [1.82, 2.24) is 4.90 Å². The van der Waals surface area contributed by atoms with Crippen LogP contribution in [-0.4, -0.2) is 38.1 Å². The Morgan fingerprint density at radius 2 is 2.05 bits per heavy atom. The molecule has 0 amide bonds. The van der Waals surface area contributed by atoms with E-state index in [9.17, 15) is 0 Å². The molecule has 1 aliphatic rings. The molecule has 3 heteroatoms. The first-order valence-corrected chi connectivity index (χ1v) is 7.38. The number of hydrogen-bond donors (Lipinski definition) is 1. The highest BCUT2D eigenvalue weighted by molar-refractivity contribution is 5.47. The number of hydrogen-bond acceptors (Lipinski definition) is 3. The highest BCUT2D eigenvalue weighted by atomic mass is 15.2. The zero-order valence-corrected chi connectivity index (χ0v) is 12.5. The second-order valence-corrected chi connectivity index (χ2v) is 5.76. The van der Waals surface area contributed by atoms with E-state index >= 15 is 0 Å². The predicted molar refractivity (Wildman–Crippen MR) is 82.6 cm³/mol. The summed E-state index contributed by atoms with van der Waals surface area (Å²) in [4.78, 5) is 4.83. The van der Waals surface area contributed by atoms with Gasteiger partial charge in [0.25, 0.3) is 0 Å². The molecule has 0 aliphatic carbocycles. The zero-order chi connectivity index (χ0) is 13.8. The molecule has 1 heterocycles. The molecule has 1 fully saturated rings. The molecule has 1 aliphatic heterocycles. The van der Waals surface area contributed by atoms with Gasteiger partial charge in [-0.25, -0.2) is 0 Å². The Hall–Kier alpha value is -1.06. The van der Waals surface area contributed by atoms with Gasteiger partial charge in [0.15, 0.2) is 0 Å². The van der Waals surface area contributed by atoms with E-state index in [-0.39, 0.29) is 6.04 Å². The van der Waals surface area contributed by atoms with Crippen LogP contribution in [0.15, 0.2) is 24.3 Å². The summed E-state index contributed by atoms with van der Waals surface area (Å²) in [5.74, 6) is 0. The summed E-state index contributed by atoms with van der Waals surface area (Å²) in [6, 6.07) is 9.58. The van der Waals surface area contributed by atoms with Crippen LogP contribution in [0.3, 0.4) is 0 Å². The molecule has 2 atom stereocenters. The monoisotopic (exact) mass is 261 g/mol. The van der Waals surface area contributed by atoms with E-state index in [4.69, 9.17) is 5.73 Å². The Morgan fingerprint density at radius 1 is 1.37 bits per heavy atom. The smallest absolute Gasteiger partial charge is 0.0364 e. The third-order valence-corrected chi connectivity index (χ3v) is 4.36. The SMILES string of the molecule is CC[C@@H](N)c1ccc(N(C)CC2CCCN2C)cc1. The number of nitrogens with zero attached hydrogens (tertiary/aromatic N) is 2. The normalized spacial score (nSPS) is 21.6. The maximum Gasteiger partial charge on any atom is 0.0364 e. The fourth-order valence-corrected chi connectivity index (χ4v) is 2.84. The average molecular weight is 261 g/mol. The van der Waals surface area contributed by atoms with E-state index in [0.29, 0.717) is 6.04 Å². The van der Waals surface area contributed by atoms with Gasteiger partial charge >= 0.3 is 0 Å². The van der Waals surface area contributed by atoms with Crippen LogP contribution in [0.2, 0.25) is 0 Å². The molecule has 0 bridgehead atoms. The van der Waals surface area contributed by atoms with Crippen molar-refractivity contribution in [2.24, 2.45) is 5.73 Å². The van der Waals surface area contributed by atoms with Crippen molar-refractivity contribution in [1.29, 1.82) is 0 Å². The standard InChI is InChI=1S/C16H27N3/c1-4-16(17)13-7-9-14(10-8-13)19(3)12-15-6-5-11-18(15)2/h7-10,15-16H,4-6,11-12,17H2,1-3H3/t15?,16-/m1/s1. The van der Waals surface area contributed by atoms with Crippen LogP contribution in [-0.2, 0) is 0 Å². The van der Waals surface area contributed by atoms with E-state index in [1.165, 1.54) is 30.6 Å². The van der Waals surface area contributed by atoms with Crippen LogP contribution in [0, 0.1) is 0 Å². The molecule has 106 valence electrons. The van der Waals surface area contributed by atoms with Gasteiger partial charge in [0.1, 0.15) is 0 Å². The first-order valence-electron chi connectivity index (χ1n) is 7.38. The molecule has 1 aromatic rings. The summed E-state index contributed by atoms with van der Waals surface area (Å²) in [6.45, 7) is 4.47. The molecule has 1 aromatic carbocycles. The Balaban J connectivity index is 1.97. The lowest BCUT2D eigenvalue weighted by atomic mass is 10.0. The molecule has 3 nitrogen and oxygen atoms in total. The van der Waals surface area contributed by atoms with Crippen molar-refractivity contribution in [2.45, 2.75) is 38.3 Å². The fourth-order valence-electron chi connectivity index (χ4n) is 2.84. The van der Waals surface area contributed by atoms with E-state index in [0.717, 1.165) is 13.0 Å². The molecule has 0 saturated carbocycles. The van der Waals surface area contributed by atoms with Crippen LogP contribution in [0.25, 0.3) is 0 Å². The Bertz CT molecular complexity index is 387. The van der Waals surface area contributed by atoms with Crippen LogP contribution in [0.1, 0.15) is 37.8 Å². The number of nitrogens with two attached hydrogens (primary N) is 1. The lowest BCUT2D eigenvalue weighted by molar-refractivity contribution is 0.314. The van der Waals surface area contributed by atoms with E-state index < -0.39 is 0 Å². The van der Waals surface area contributed by atoms with Gasteiger partial charge in [0.05, 0.1) is 0 Å². The first kappa shape index (κ1) is 14.4. The van der Waals surface area contributed by atoms with Gasteiger partial charge in [-0.05, 0) is 50.6 Å². The van der Waals surface area contributed by atoms with Gasteiger partial charge in [-0.1, -0.05) is 19.1 Å². The van der Waals surface area contributed by atoms with E-state index in [1.54, 1.807) is 0 Å². The molecule has 1 saturated heterocycles. The summed E-state index contributed by atoms with van der Waals surface area (Å²) < 4.78 is 0. The molecule has 2 N–H and O–H groups in total. The summed E-state index contributed by atoms with van der Waals surface area (Å²) in [6.07, 6.45) is 3.64. The molecule has 0 aromatic heterocycles. The number of likely N-dealkylation sites (tertiary alicyclic amines) is 1. The fraction of sp³-hybridized carbons (Fsp3) is 0.625. The third-order valence-electron chi connectivity index (χ3n) is 4.36. The molecular formula is C16H27N3. The minimum Gasteiger partial charge on any atom is -0.373 e. The van der Waals surface area contributed by atoms with Gasteiger partial charge in [-0.3, -0.25) is 0 Å². The number of likely N-dealkylation sites (N-methyl/N-ethyl adjacent to an activating group) is 2. The number of rotatable bonds is 5. The zero-order valence-electron chi connectivity index (χ0n) is 12.5. The molecule has 19 heavy (non-hydrogen) atoms. The average Bonchev–Trinajstić information content (AvgIpc) is 2.83. The molecule has 0 radical (unpaired) electrons. The van der Waals surface area contributed by atoms with Crippen LogP contribution in [0.4, 0.5) is 5.69 Å². The number of anilines is 1. The lowest BCUT2D eigenvalue weighted by Gasteiger charge is -2.27. The van der Waals surface area contributed by atoms with E-state index in [1.807, 2.05) is 0 Å². The van der Waals surface area contributed by atoms with Gasteiger partial charge in [-0.15, -0.1) is 0 Å². The second kappa shape index (κ2) is 6.40. The predicted octanol–water partition coefficient (Wildman–Crippen LogP) is 2.63. The molecular weight excluding hydrogens is 234 g/mol. The minimum atomic E-state index is 0.167. The van der Waals surface area contributed by atoms with Crippen LogP contribution < -0.4 is 10.6 Å². The molecule has 2 rings (SSSR count). The maximum absolute atomic E-state index is 6.05. The Kier molecular flexibility index (Phi) is 4.83. The second-order valence-electron chi connectivity index (χ2n) is 5.76. The summed E-state index contributed by atoms with van der Waals surface area (Å²) in [5.41, 5.74) is 8.57. The van der Waals surface area contributed by atoms with Crippen LogP contribution in [0.5, 0.6) is 0 Å². The van der Waals surface area contributed by atoms with Crippen LogP contribution >= 0.6 is 0 Å². The van der Waals surface area contributed by atoms with Gasteiger partial charge in [0, 0.05) is 31.4 Å². The number of benzene rings is 1. The lowest BCUT2D eigenvalue weighted by Crippen LogP contribution is -2.36.